The van der Waals surface area contributed by atoms with Crippen LogP contribution in [0.15, 0.2) is 36.0 Å². The number of alkyl halides is 1. The molecular weight excluding hydrogens is 417 g/mol. The molecule has 0 aliphatic heterocycles. The fourth-order valence-electron chi connectivity index (χ4n) is 3.04. The van der Waals surface area contributed by atoms with Gasteiger partial charge in [-0.3, -0.25) is 4.79 Å². The van der Waals surface area contributed by atoms with Gasteiger partial charge in [-0.15, -0.1) is 11.3 Å². The summed E-state index contributed by atoms with van der Waals surface area (Å²) in [5.74, 6) is -0.115. The normalized spacial score (nSPS) is 13.4. The third kappa shape index (κ3) is 5.89. The standard InChI is InChI=1S/C22H28FN5O2S/c1-12(2)21(29)16(23)10-25-22(30)15-9-24-20(8-18(15)27-13(3)4)28-14-5-6-17-19(7-14)31-11-26-17/h5-9,11-13,16,21,29H,10H2,1-4H3,(H,25,30)(H2,24,27,28). The second-order valence-electron chi connectivity index (χ2n) is 8.03. The van der Waals surface area contributed by atoms with E-state index in [4.69, 9.17) is 0 Å². The Hall–Kier alpha value is -2.78. The summed E-state index contributed by atoms with van der Waals surface area (Å²) >= 11 is 1.56. The topological polar surface area (TPSA) is 99.2 Å². The van der Waals surface area contributed by atoms with E-state index in [1.165, 1.54) is 6.20 Å². The van der Waals surface area contributed by atoms with Crippen LogP contribution in [0.1, 0.15) is 38.1 Å². The summed E-state index contributed by atoms with van der Waals surface area (Å²) in [5, 5.41) is 18.9. The number of carbonyl (C=O) groups excluding carboxylic acids is 1. The lowest BCUT2D eigenvalue weighted by atomic mass is 10.0. The number of anilines is 3. The van der Waals surface area contributed by atoms with Gasteiger partial charge in [0.2, 0.25) is 0 Å². The molecule has 4 N–H and O–H groups in total. The molecule has 3 aromatic rings. The van der Waals surface area contributed by atoms with E-state index in [9.17, 15) is 14.3 Å². The molecule has 0 saturated carbocycles. The van der Waals surface area contributed by atoms with E-state index >= 15 is 0 Å². The van der Waals surface area contributed by atoms with Gasteiger partial charge in [-0.05, 0) is 38.0 Å². The molecule has 0 aliphatic rings. The van der Waals surface area contributed by atoms with Gasteiger partial charge < -0.3 is 21.1 Å². The molecule has 7 nitrogen and oxygen atoms in total. The van der Waals surface area contributed by atoms with Crippen molar-refractivity contribution in [3.05, 3.63) is 41.5 Å². The van der Waals surface area contributed by atoms with Crippen LogP contribution >= 0.6 is 11.3 Å². The van der Waals surface area contributed by atoms with Crippen LogP contribution in [0, 0.1) is 5.92 Å². The maximum absolute atomic E-state index is 14.1. The number of carbonyl (C=O) groups is 1. The lowest BCUT2D eigenvalue weighted by Gasteiger charge is -2.20. The quantitative estimate of drug-likeness (QED) is 0.391. The number of pyridine rings is 1. The summed E-state index contributed by atoms with van der Waals surface area (Å²) in [6, 6.07) is 7.67. The predicted molar refractivity (Wildman–Crippen MR) is 124 cm³/mol. The van der Waals surface area contributed by atoms with Gasteiger partial charge in [-0.1, -0.05) is 13.8 Å². The number of nitrogens with one attached hydrogen (secondary N) is 3. The van der Waals surface area contributed by atoms with Crippen LogP contribution in [0.5, 0.6) is 0 Å². The molecule has 31 heavy (non-hydrogen) atoms. The van der Waals surface area contributed by atoms with E-state index in [0.29, 0.717) is 17.1 Å². The smallest absolute Gasteiger partial charge is 0.255 e. The molecule has 2 unspecified atom stereocenters. The summed E-state index contributed by atoms with van der Waals surface area (Å²) in [5.41, 5.74) is 4.49. The van der Waals surface area contributed by atoms with E-state index in [-0.39, 0.29) is 18.5 Å². The van der Waals surface area contributed by atoms with Gasteiger partial charge in [0.25, 0.3) is 5.91 Å². The molecule has 0 fully saturated rings. The van der Waals surface area contributed by atoms with Crippen molar-refractivity contribution in [1.29, 1.82) is 0 Å². The van der Waals surface area contributed by atoms with Crippen molar-refractivity contribution in [2.75, 3.05) is 17.2 Å². The zero-order valence-electron chi connectivity index (χ0n) is 18.0. The minimum atomic E-state index is -1.54. The first-order valence-electron chi connectivity index (χ1n) is 10.2. The lowest BCUT2D eigenvalue weighted by molar-refractivity contribution is 0.0406. The molecule has 0 saturated heterocycles. The molecule has 1 aromatic carbocycles. The first-order valence-corrected chi connectivity index (χ1v) is 11.1. The maximum Gasteiger partial charge on any atom is 0.255 e. The number of rotatable bonds is 9. The maximum atomic E-state index is 14.1. The highest BCUT2D eigenvalue weighted by molar-refractivity contribution is 7.16. The summed E-state index contributed by atoms with van der Waals surface area (Å²) in [4.78, 5) is 21.3. The van der Waals surface area contributed by atoms with Gasteiger partial charge in [-0.25, -0.2) is 14.4 Å². The van der Waals surface area contributed by atoms with E-state index in [0.717, 1.165) is 15.9 Å². The number of aliphatic hydroxyl groups excluding tert-OH is 1. The van der Waals surface area contributed by atoms with Crippen LogP contribution in [0.4, 0.5) is 21.6 Å². The minimum Gasteiger partial charge on any atom is -0.390 e. The SMILES string of the molecule is CC(C)Nc1cc(Nc2ccc3ncsc3c2)ncc1C(=O)NCC(F)C(O)C(C)C. The van der Waals surface area contributed by atoms with Crippen molar-refractivity contribution >= 4 is 44.7 Å². The average molecular weight is 446 g/mol. The number of aromatic nitrogens is 2. The van der Waals surface area contributed by atoms with Crippen LogP contribution in [-0.2, 0) is 0 Å². The Balaban J connectivity index is 1.76. The Bertz CT molecular complexity index is 1040. The highest BCUT2D eigenvalue weighted by Gasteiger charge is 2.23. The zero-order valence-corrected chi connectivity index (χ0v) is 18.8. The Morgan fingerprint density at radius 3 is 2.68 bits per heavy atom. The van der Waals surface area contributed by atoms with Gasteiger partial charge in [-0.2, -0.15) is 0 Å². The van der Waals surface area contributed by atoms with Gasteiger partial charge in [0.05, 0.1) is 39.6 Å². The number of fused-ring (bicyclic) bond motifs is 1. The van der Waals surface area contributed by atoms with Crippen molar-refractivity contribution in [2.45, 2.75) is 46.0 Å². The van der Waals surface area contributed by atoms with Crippen molar-refractivity contribution in [1.82, 2.24) is 15.3 Å². The van der Waals surface area contributed by atoms with Crippen molar-refractivity contribution < 1.29 is 14.3 Å². The van der Waals surface area contributed by atoms with Crippen LogP contribution in [-0.4, -0.2) is 45.8 Å². The van der Waals surface area contributed by atoms with Crippen LogP contribution in [0.25, 0.3) is 10.2 Å². The highest BCUT2D eigenvalue weighted by atomic mass is 32.1. The van der Waals surface area contributed by atoms with Crippen LogP contribution in [0.3, 0.4) is 0 Å². The lowest BCUT2D eigenvalue weighted by Crippen LogP contribution is -2.39. The third-order valence-corrected chi connectivity index (χ3v) is 5.50. The van der Waals surface area contributed by atoms with Crippen molar-refractivity contribution in [3.63, 3.8) is 0 Å². The number of hydrogen-bond donors (Lipinski definition) is 4. The Morgan fingerprint density at radius 1 is 1.19 bits per heavy atom. The Labute approximate surface area is 185 Å². The number of aliphatic hydroxyl groups is 1. The van der Waals surface area contributed by atoms with E-state index in [2.05, 4.69) is 25.9 Å². The fourth-order valence-corrected chi connectivity index (χ4v) is 3.76. The molecular formula is C22H28FN5O2S. The van der Waals surface area contributed by atoms with Gasteiger partial charge >= 0.3 is 0 Å². The van der Waals surface area contributed by atoms with Crippen LogP contribution < -0.4 is 16.0 Å². The molecule has 0 aliphatic carbocycles. The Kier molecular flexibility index (Phi) is 7.40. The van der Waals surface area contributed by atoms with Gasteiger partial charge in [0.15, 0.2) is 0 Å². The summed E-state index contributed by atoms with van der Waals surface area (Å²) in [6.07, 6.45) is -1.21. The number of nitrogens with zero attached hydrogens (tertiary/aromatic N) is 2. The van der Waals surface area contributed by atoms with Crippen molar-refractivity contribution in [2.24, 2.45) is 5.92 Å². The molecule has 0 bridgehead atoms. The molecule has 3 rings (SSSR count). The third-order valence-electron chi connectivity index (χ3n) is 4.71. The number of thiazole rings is 1. The van der Waals surface area contributed by atoms with Crippen LogP contribution in [0.2, 0.25) is 0 Å². The number of halogens is 1. The molecule has 2 heterocycles. The van der Waals surface area contributed by atoms with E-state index < -0.39 is 18.2 Å². The molecule has 1 amide bonds. The van der Waals surface area contributed by atoms with E-state index in [1.807, 2.05) is 32.0 Å². The number of amides is 1. The fraction of sp³-hybridized carbons (Fsp3) is 0.409. The molecule has 9 heteroatoms. The molecule has 166 valence electrons. The molecule has 2 atom stereocenters. The first-order chi connectivity index (χ1) is 14.7. The largest absolute Gasteiger partial charge is 0.390 e. The number of benzene rings is 1. The van der Waals surface area contributed by atoms with E-state index in [1.54, 1.807) is 36.8 Å². The monoisotopic (exact) mass is 445 g/mol. The summed E-state index contributed by atoms with van der Waals surface area (Å²) in [6.45, 7) is 7.11. The summed E-state index contributed by atoms with van der Waals surface area (Å²) < 4.78 is 15.2. The molecule has 0 spiro atoms. The Morgan fingerprint density at radius 2 is 1.97 bits per heavy atom. The van der Waals surface area contributed by atoms with Crippen molar-refractivity contribution in [3.8, 4) is 0 Å². The molecule has 0 radical (unpaired) electrons. The number of hydrogen-bond acceptors (Lipinski definition) is 7. The minimum absolute atomic E-state index is 0.0760. The zero-order chi connectivity index (χ0) is 22.5. The predicted octanol–water partition coefficient (Wildman–Crippen LogP) is 4.34. The first kappa shape index (κ1) is 22.9. The van der Waals surface area contributed by atoms with Gasteiger partial charge in [0.1, 0.15) is 12.0 Å². The highest BCUT2D eigenvalue weighted by Crippen LogP contribution is 2.26. The second kappa shape index (κ2) is 10.0. The van der Waals surface area contributed by atoms with Gasteiger partial charge in [0, 0.05) is 24.0 Å². The summed E-state index contributed by atoms with van der Waals surface area (Å²) in [7, 11) is 0. The molecule has 2 aromatic heterocycles. The average Bonchev–Trinajstić information content (AvgIpc) is 3.18. The second-order valence-corrected chi connectivity index (χ2v) is 8.92.